The quantitative estimate of drug-likeness (QED) is 0.216. The van der Waals surface area contributed by atoms with E-state index in [9.17, 15) is 19.2 Å². The molecule has 3 atom stereocenters. The van der Waals surface area contributed by atoms with E-state index in [0.717, 1.165) is 6.42 Å². The number of nitrogens with two attached hydrogens (primary N) is 3. The summed E-state index contributed by atoms with van der Waals surface area (Å²) >= 11 is 0. The number of carboxylic acid groups (broad SMARTS) is 1. The molecule has 0 aromatic heterocycles. The number of carbonyl (C=O) groups excluding carboxylic acids is 3. The lowest BCUT2D eigenvalue weighted by molar-refractivity contribution is -0.141. The Kier molecular flexibility index (Phi) is 10.3. The third-order valence-electron chi connectivity index (χ3n) is 3.35. The van der Waals surface area contributed by atoms with Crippen molar-refractivity contribution in [2.75, 3.05) is 6.54 Å². The second-order valence-corrected chi connectivity index (χ2v) is 5.53. The third-order valence-corrected chi connectivity index (χ3v) is 3.35. The van der Waals surface area contributed by atoms with Gasteiger partial charge in [0.15, 0.2) is 0 Å². The predicted molar refractivity (Wildman–Crippen MR) is 86.5 cm³/mol. The molecule has 3 amide bonds. The molecule has 138 valence electrons. The maximum absolute atomic E-state index is 12.1. The van der Waals surface area contributed by atoms with Crippen molar-refractivity contribution in [3.8, 4) is 0 Å². The maximum atomic E-state index is 12.1. The predicted octanol–water partition coefficient (Wildman–Crippen LogP) is -2.22. The molecule has 0 fully saturated rings. The first kappa shape index (κ1) is 21.8. The van der Waals surface area contributed by atoms with Crippen LogP contribution in [0.2, 0.25) is 0 Å². The molecule has 0 radical (unpaired) electrons. The van der Waals surface area contributed by atoms with Gasteiger partial charge in [-0.15, -0.1) is 0 Å². The van der Waals surface area contributed by atoms with Crippen LogP contribution < -0.4 is 27.8 Å². The first-order chi connectivity index (χ1) is 11.2. The van der Waals surface area contributed by atoms with Crippen molar-refractivity contribution in [2.45, 2.75) is 57.2 Å². The highest BCUT2D eigenvalue weighted by Gasteiger charge is 2.26. The summed E-state index contributed by atoms with van der Waals surface area (Å²) in [6.45, 7) is 1.77. The van der Waals surface area contributed by atoms with Gasteiger partial charge < -0.3 is 32.9 Å². The topological polar surface area (TPSA) is 191 Å². The highest BCUT2D eigenvalue weighted by Crippen LogP contribution is 2.02. The Morgan fingerprint density at radius 3 is 2.17 bits per heavy atom. The number of nitrogens with one attached hydrogen (secondary N) is 2. The molecule has 0 heterocycles. The standard InChI is InChI=1S/C14H27N5O5/c1-8(14(23)24)18-13(22)10(5-6-11(17)20)19-12(21)9(16)4-2-3-7-15/h8-10H,2-7,15-16H2,1H3,(H2,17,20)(H,18,22)(H,19,21)(H,23,24). The molecule has 0 aromatic rings. The van der Waals surface area contributed by atoms with Crippen LogP contribution in [0.5, 0.6) is 0 Å². The van der Waals surface area contributed by atoms with Crippen molar-refractivity contribution >= 4 is 23.7 Å². The molecule has 0 aliphatic heterocycles. The van der Waals surface area contributed by atoms with E-state index >= 15 is 0 Å². The lowest BCUT2D eigenvalue weighted by Gasteiger charge is -2.21. The number of aliphatic carboxylic acids is 1. The molecule has 10 nitrogen and oxygen atoms in total. The Morgan fingerprint density at radius 2 is 1.67 bits per heavy atom. The van der Waals surface area contributed by atoms with Crippen LogP contribution in [0.1, 0.15) is 39.0 Å². The van der Waals surface area contributed by atoms with Gasteiger partial charge in [0.05, 0.1) is 6.04 Å². The molecular formula is C14H27N5O5. The molecule has 0 saturated heterocycles. The zero-order chi connectivity index (χ0) is 18.7. The van der Waals surface area contributed by atoms with Crippen molar-refractivity contribution in [2.24, 2.45) is 17.2 Å². The highest BCUT2D eigenvalue weighted by molar-refractivity contribution is 5.92. The Morgan fingerprint density at radius 1 is 1.04 bits per heavy atom. The van der Waals surface area contributed by atoms with E-state index in [1.165, 1.54) is 6.92 Å². The molecule has 24 heavy (non-hydrogen) atoms. The highest BCUT2D eigenvalue weighted by atomic mass is 16.4. The van der Waals surface area contributed by atoms with E-state index in [1.54, 1.807) is 0 Å². The normalized spacial score (nSPS) is 14.3. The molecule has 0 saturated carbocycles. The van der Waals surface area contributed by atoms with Crippen LogP contribution in [-0.2, 0) is 19.2 Å². The van der Waals surface area contributed by atoms with E-state index in [4.69, 9.17) is 22.3 Å². The lowest BCUT2D eigenvalue weighted by Crippen LogP contribution is -2.54. The van der Waals surface area contributed by atoms with Crippen molar-refractivity contribution < 1.29 is 24.3 Å². The Balaban J connectivity index is 4.74. The van der Waals surface area contributed by atoms with Crippen LogP contribution in [0.25, 0.3) is 0 Å². The van der Waals surface area contributed by atoms with Gasteiger partial charge in [-0.3, -0.25) is 19.2 Å². The first-order valence-electron chi connectivity index (χ1n) is 7.76. The summed E-state index contributed by atoms with van der Waals surface area (Å²) in [5.74, 6) is -3.13. The minimum atomic E-state index is -1.22. The summed E-state index contributed by atoms with van der Waals surface area (Å²) in [6, 6.07) is -3.05. The van der Waals surface area contributed by atoms with Gasteiger partial charge in [0.2, 0.25) is 17.7 Å². The van der Waals surface area contributed by atoms with Gasteiger partial charge in [-0.05, 0) is 32.7 Å². The molecule has 3 unspecified atom stereocenters. The molecule has 10 heteroatoms. The summed E-state index contributed by atoms with van der Waals surface area (Å²) in [5.41, 5.74) is 16.2. The van der Waals surface area contributed by atoms with Crippen LogP contribution in [0.4, 0.5) is 0 Å². The number of primary amides is 1. The van der Waals surface area contributed by atoms with Gasteiger partial charge in [-0.1, -0.05) is 6.42 Å². The number of amides is 3. The van der Waals surface area contributed by atoms with Gasteiger partial charge in [0.1, 0.15) is 12.1 Å². The molecule has 0 aromatic carbocycles. The summed E-state index contributed by atoms with van der Waals surface area (Å²) in [4.78, 5) is 45.8. The van der Waals surface area contributed by atoms with E-state index in [1.807, 2.05) is 0 Å². The number of rotatable bonds is 12. The fourth-order valence-corrected chi connectivity index (χ4v) is 1.85. The summed E-state index contributed by atoms with van der Waals surface area (Å²) < 4.78 is 0. The second-order valence-electron chi connectivity index (χ2n) is 5.53. The van der Waals surface area contributed by atoms with Crippen LogP contribution in [0.3, 0.4) is 0 Å². The average molecular weight is 345 g/mol. The van der Waals surface area contributed by atoms with Crippen LogP contribution in [0.15, 0.2) is 0 Å². The molecule has 0 bridgehead atoms. The van der Waals surface area contributed by atoms with Crippen LogP contribution >= 0.6 is 0 Å². The maximum Gasteiger partial charge on any atom is 0.325 e. The van der Waals surface area contributed by atoms with Crippen LogP contribution in [-0.4, -0.2) is 53.5 Å². The summed E-state index contributed by atoms with van der Waals surface area (Å²) in [6.07, 6.45) is 1.61. The Bertz CT molecular complexity index is 457. The fourth-order valence-electron chi connectivity index (χ4n) is 1.85. The van der Waals surface area contributed by atoms with Crippen molar-refractivity contribution in [1.82, 2.24) is 10.6 Å². The van der Waals surface area contributed by atoms with Crippen molar-refractivity contribution in [1.29, 1.82) is 0 Å². The van der Waals surface area contributed by atoms with Gasteiger partial charge in [-0.2, -0.15) is 0 Å². The average Bonchev–Trinajstić information content (AvgIpc) is 2.50. The number of hydrogen-bond acceptors (Lipinski definition) is 6. The molecule has 0 rings (SSSR count). The van der Waals surface area contributed by atoms with Crippen molar-refractivity contribution in [3.05, 3.63) is 0 Å². The smallest absolute Gasteiger partial charge is 0.325 e. The Hall–Kier alpha value is -2.20. The molecule has 9 N–H and O–H groups in total. The Labute approximate surface area is 140 Å². The molecule has 0 spiro atoms. The number of unbranched alkanes of at least 4 members (excludes halogenated alkanes) is 1. The van der Waals surface area contributed by atoms with Crippen molar-refractivity contribution in [3.63, 3.8) is 0 Å². The zero-order valence-electron chi connectivity index (χ0n) is 13.8. The van der Waals surface area contributed by atoms with Gasteiger partial charge >= 0.3 is 5.97 Å². The van der Waals surface area contributed by atoms with Gasteiger partial charge in [0, 0.05) is 6.42 Å². The van der Waals surface area contributed by atoms with E-state index in [2.05, 4.69) is 10.6 Å². The van der Waals surface area contributed by atoms with E-state index < -0.39 is 41.8 Å². The first-order valence-corrected chi connectivity index (χ1v) is 7.76. The molecular weight excluding hydrogens is 318 g/mol. The van der Waals surface area contributed by atoms with Crippen LogP contribution in [0, 0.1) is 0 Å². The second kappa shape index (κ2) is 11.4. The zero-order valence-corrected chi connectivity index (χ0v) is 13.8. The largest absolute Gasteiger partial charge is 0.480 e. The summed E-state index contributed by atoms with van der Waals surface area (Å²) in [5, 5.41) is 13.5. The van der Waals surface area contributed by atoms with E-state index in [-0.39, 0.29) is 12.8 Å². The fraction of sp³-hybridized carbons (Fsp3) is 0.714. The summed E-state index contributed by atoms with van der Waals surface area (Å²) in [7, 11) is 0. The SMILES string of the molecule is CC(NC(=O)C(CCC(N)=O)NC(=O)C(N)CCCCN)C(=O)O. The third kappa shape index (κ3) is 9.06. The van der Waals surface area contributed by atoms with Gasteiger partial charge in [-0.25, -0.2) is 0 Å². The molecule has 0 aliphatic carbocycles. The lowest BCUT2D eigenvalue weighted by atomic mass is 10.1. The number of carboxylic acids is 1. The minimum absolute atomic E-state index is 0.0469. The molecule has 0 aliphatic rings. The minimum Gasteiger partial charge on any atom is -0.480 e. The van der Waals surface area contributed by atoms with Gasteiger partial charge in [0.25, 0.3) is 0 Å². The number of hydrogen-bond donors (Lipinski definition) is 6. The monoisotopic (exact) mass is 345 g/mol. The number of carbonyl (C=O) groups is 4. The van der Waals surface area contributed by atoms with E-state index in [0.29, 0.717) is 19.4 Å².